The summed E-state index contributed by atoms with van der Waals surface area (Å²) in [7, 11) is -3.89. The standard InChI is InChI=1S/C14H12FN5O2S/c1-10-2-5-12(6-3-10)23(21,22)17-14-8-11(4-7-13(14)15)20-9-16-18-19-20/h2-9,17H,1H3. The lowest BCUT2D eigenvalue weighted by Crippen LogP contribution is -2.14. The highest BCUT2D eigenvalue weighted by atomic mass is 32.2. The van der Waals surface area contributed by atoms with Crippen LogP contribution >= 0.6 is 0 Å². The molecule has 2 aromatic carbocycles. The van der Waals surface area contributed by atoms with Gasteiger partial charge in [-0.3, -0.25) is 4.72 Å². The van der Waals surface area contributed by atoms with E-state index in [0.29, 0.717) is 5.69 Å². The van der Waals surface area contributed by atoms with Gasteiger partial charge in [-0.05, 0) is 47.7 Å². The van der Waals surface area contributed by atoms with Crippen LogP contribution in [0.4, 0.5) is 10.1 Å². The minimum atomic E-state index is -3.89. The van der Waals surface area contributed by atoms with Crippen molar-refractivity contribution in [2.45, 2.75) is 11.8 Å². The minimum absolute atomic E-state index is 0.0512. The molecule has 0 saturated heterocycles. The molecular formula is C14H12FN5O2S. The smallest absolute Gasteiger partial charge is 0.261 e. The monoisotopic (exact) mass is 333 g/mol. The van der Waals surface area contributed by atoms with E-state index in [4.69, 9.17) is 0 Å². The van der Waals surface area contributed by atoms with Crippen LogP contribution in [0.2, 0.25) is 0 Å². The van der Waals surface area contributed by atoms with E-state index in [-0.39, 0.29) is 10.6 Å². The van der Waals surface area contributed by atoms with Gasteiger partial charge in [0, 0.05) is 0 Å². The predicted molar refractivity (Wildman–Crippen MR) is 81.1 cm³/mol. The van der Waals surface area contributed by atoms with Crippen molar-refractivity contribution >= 4 is 15.7 Å². The molecule has 118 valence electrons. The van der Waals surface area contributed by atoms with Gasteiger partial charge >= 0.3 is 0 Å². The first-order chi connectivity index (χ1) is 11.0. The largest absolute Gasteiger partial charge is 0.277 e. The quantitative estimate of drug-likeness (QED) is 0.788. The lowest BCUT2D eigenvalue weighted by Gasteiger charge is -2.10. The van der Waals surface area contributed by atoms with Crippen LogP contribution < -0.4 is 4.72 Å². The van der Waals surface area contributed by atoms with Crippen molar-refractivity contribution in [1.29, 1.82) is 0 Å². The van der Waals surface area contributed by atoms with E-state index in [2.05, 4.69) is 20.2 Å². The van der Waals surface area contributed by atoms with Gasteiger partial charge in [0.15, 0.2) is 0 Å². The minimum Gasteiger partial charge on any atom is -0.277 e. The second-order valence-electron chi connectivity index (χ2n) is 4.84. The Morgan fingerprint density at radius 1 is 1.13 bits per heavy atom. The van der Waals surface area contributed by atoms with Crippen LogP contribution in [0.3, 0.4) is 0 Å². The SMILES string of the molecule is Cc1ccc(S(=O)(=O)Nc2cc(-n3cnnn3)ccc2F)cc1. The van der Waals surface area contributed by atoms with Gasteiger partial charge in [0.05, 0.1) is 16.3 Å². The second kappa shape index (κ2) is 5.76. The van der Waals surface area contributed by atoms with Crippen molar-refractivity contribution in [2.24, 2.45) is 0 Å². The number of benzene rings is 2. The fraction of sp³-hybridized carbons (Fsp3) is 0.0714. The van der Waals surface area contributed by atoms with Crippen molar-refractivity contribution in [3.63, 3.8) is 0 Å². The molecule has 3 aromatic rings. The lowest BCUT2D eigenvalue weighted by atomic mass is 10.2. The molecular weight excluding hydrogens is 321 g/mol. The fourth-order valence-corrected chi connectivity index (χ4v) is 2.99. The zero-order valence-electron chi connectivity index (χ0n) is 12.0. The zero-order valence-corrected chi connectivity index (χ0v) is 12.8. The lowest BCUT2D eigenvalue weighted by molar-refractivity contribution is 0.598. The Morgan fingerprint density at radius 2 is 1.87 bits per heavy atom. The molecule has 0 amide bonds. The van der Waals surface area contributed by atoms with E-state index in [1.165, 1.54) is 35.3 Å². The Bertz CT molecular complexity index is 924. The van der Waals surface area contributed by atoms with E-state index < -0.39 is 15.8 Å². The molecule has 0 saturated carbocycles. The molecule has 9 heteroatoms. The molecule has 3 rings (SSSR count). The van der Waals surface area contributed by atoms with Crippen LogP contribution in [0.5, 0.6) is 0 Å². The number of nitrogens with zero attached hydrogens (tertiary/aromatic N) is 4. The molecule has 0 spiro atoms. The Kier molecular flexibility index (Phi) is 3.78. The number of aromatic nitrogens is 4. The topological polar surface area (TPSA) is 89.8 Å². The number of sulfonamides is 1. The van der Waals surface area contributed by atoms with Crippen molar-refractivity contribution in [2.75, 3.05) is 4.72 Å². The molecule has 0 atom stereocenters. The first kappa shape index (κ1) is 15.1. The summed E-state index contributed by atoms with van der Waals surface area (Å²) in [5.74, 6) is -0.697. The molecule has 0 aliphatic carbocycles. The van der Waals surface area contributed by atoms with E-state index in [0.717, 1.165) is 11.6 Å². The van der Waals surface area contributed by atoms with Gasteiger partial charge in [0.2, 0.25) is 0 Å². The Morgan fingerprint density at radius 3 is 2.52 bits per heavy atom. The molecule has 0 aliphatic heterocycles. The average molecular weight is 333 g/mol. The van der Waals surface area contributed by atoms with Crippen LogP contribution in [0.1, 0.15) is 5.56 Å². The van der Waals surface area contributed by atoms with Crippen LogP contribution in [0.15, 0.2) is 53.7 Å². The average Bonchev–Trinajstić information content (AvgIpc) is 3.04. The van der Waals surface area contributed by atoms with Crippen molar-refractivity contribution in [3.8, 4) is 5.69 Å². The normalized spacial score (nSPS) is 11.4. The number of tetrazole rings is 1. The highest BCUT2D eigenvalue weighted by molar-refractivity contribution is 7.92. The van der Waals surface area contributed by atoms with Crippen molar-refractivity contribution in [1.82, 2.24) is 20.2 Å². The van der Waals surface area contributed by atoms with Crippen molar-refractivity contribution in [3.05, 3.63) is 60.2 Å². The first-order valence-corrected chi connectivity index (χ1v) is 8.06. The summed E-state index contributed by atoms with van der Waals surface area (Å²) >= 11 is 0. The van der Waals surface area contributed by atoms with Crippen LogP contribution in [-0.4, -0.2) is 28.6 Å². The summed E-state index contributed by atoms with van der Waals surface area (Å²) in [6, 6.07) is 10.2. The van der Waals surface area contributed by atoms with E-state index in [1.54, 1.807) is 12.1 Å². The molecule has 23 heavy (non-hydrogen) atoms. The third-order valence-corrected chi connectivity index (χ3v) is 4.52. The van der Waals surface area contributed by atoms with E-state index in [1.807, 2.05) is 6.92 Å². The zero-order chi connectivity index (χ0) is 16.4. The molecule has 0 radical (unpaired) electrons. The Hall–Kier alpha value is -2.81. The van der Waals surface area contributed by atoms with Crippen LogP contribution in [0.25, 0.3) is 5.69 Å². The van der Waals surface area contributed by atoms with Gasteiger partial charge in [-0.2, -0.15) is 0 Å². The first-order valence-electron chi connectivity index (χ1n) is 6.58. The van der Waals surface area contributed by atoms with Crippen LogP contribution in [0, 0.1) is 12.7 Å². The summed E-state index contributed by atoms with van der Waals surface area (Å²) < 4.78 is 42.1. The molecule has 7 nitrogen and oxygen atoms in total. The molecule has 0 unspecified atom stereocenters. The number of nitrogens with one attached hydrogen (secondary N) is 1. The van der Waals surface area contributed by atoms with Gasteiger partial charge in [-0.25, -0.2) is 17.5 Å². The maximum absolute atomic E-state index is 13.9. The number of rotatable bonds is 4. The van der Waals surface area contributed by atoms with Crippen molar-refractivity contribution < 1.29 is 12.8 Å². The van der Waals surface area contributed by atoms with Gasteiger partial charge in [0.25, 0.3) is 10.0 Å². The molecule has 1 N–H and O–H groups in total. The predicted octanol–water partition coefficient (Wildman–Crippen LogP) is 1.91. The molecule has 0 bridgehead atoms. The molecule has 0 fully saturated rings. The number of hydrogen-bond acceptors (Lipinski definition) is 5. The van der Waals surface area contributed by atoms with Crippen LogP contribution in [-0.2, 0) is 10.0 Å². The molecule has 0 aliphatic rings. The summed E-state index contributed by atoms with van der Waals surface area (Å²) in [4.78, 5) is 0.0512. The van der Waals surface area contributed by atoms with Gasteiger partial charge in [-0.1, -0.05) is 17.7 Å². The van der Waals surface area contributed by atoms with E-state index in [9.17, 15) is 12.8 Å². The Balaban J connectivity index is 1.96. The summed E-state index contributed by atoms with van der Waals surface area (Å²) in [6.45, 7) is 1.85. The van der Waals surface area contributed by atoms with Gasteiger partial charge in [0.1, 0.15) is 12.1 Å². The maximum atomic E-state index is 13.9. The van der Waals surface area contributed by atoms with Gasteiger partial charge < -0.3 is 0 Å². The summed E-state index contributed by atoms with van der Waals surface area (Å²) in [6.07, 6.45) is 1.32. The third kappa shape index (κ3) is 3.19. The van der Waals surface area contributed by atoms with Gasteiger partial charge in [-0.15, -0.1) is 5.10 Å². The number of anilines is 1. The maximum Gasteiger partial charge on any atom is 0.261 e. The molecule has 1 heterocycles. The second-order valence-corrected chi connectivity index (χ2v) is 6.52. The van der Waals surface area contributed by atoms with E-state index >= 15 is 0 Å². The number of hydrogen-bond donors (Lipinski definition) is 1. The highest BCUT2D eigenvalue weighted by Crippen LogP contribution is 2.22. The highest BCUT2D eigenvalue weighted by Gasteiger charge is 2.17. The fourth-order valence-electron chi connectivity index (χ4n) is 1.93. The number of halogens is 1. The Labute approximate surface area is 131 Å². The summed E-state index contributed by atoms with van der Waals surface area (Å²) in [5.41, 5.74) is 1.17. The molecule has 1 aromatic heterocycles. The summed E-state index contributed by atoms with van der Waals surface area (Å²) in [5, 5.41) is 10.6. The number of aryl methyl sites for hydroxylation is 1. The third-order valence-electron chi connectivity index (χ3n) is 3.14.